The van der Waals surface area contributed by atoms with E-state index >= 15 is 0 Å². The summed E-state index contributed by atoms with van der Waals surface area (Å²) >= 11 is 0. The van der Waals surface area contributed by atoms with Crippen LogP contribution >= 0.6 is 0 Å². The van der Waals surface area contributed by atoms with E-state index in [1.54, 1.807) is 12.3 Å². The van der Waals surface area contributed by atoms with Gasteiger partial charge in [0, 0.05) is 11.8 Å². The molecule has 128 valence electrons. The number of rotatable bonds is 10. The predicted molar refractivity (Wildman–Crippen MR) is 98.3 cm³/mol. The zero-order valence-corrected chi connectivity index (χ0v) is 14.5. The molecule has 1 aromatic carbocycles. The number of carboxylic acid groups (broad SMARTS) is 1. The number of nitrogens with zero attached hydrogens (tertiary/aromatic N) is 1. The summed E-state index contributed by atoms with van der Waals surface area (Å²) in [5.41, 5.74) is 3.46. The van der Waals surface area contributed by atoms with E-state index in [-0.39, 0.29) is 5.69 Å². The van der Waals surface area contributed by atoms with Crippen LogP contribution in [0.15, 0.2) is 42.6 Å². The molecule has 0 atom stereocenters. The van der Waals surface area contributed by atoms with E-state index in [4.69, 9.17) is 5.11 Å². The van der Waals surface area contributed by atoms with Crippen LogP contribution in [0.1, 0.15) is 67.9 Å². The highest BCUT2D eigenvalue weighted by Gasteiger charge is 2.05. The summed E-state index contributed by atoms with van der Waals surface area (Å²) in [6, 6.07) is 11.9. The first-order chi connectivity index (χ1) is 11.7. The van der Waals surface area contributed by atoms with E-state index < -0.39 is 5.97 Å². The third-order valence-corrected chi connectivity index (χ3v) is 4.34. The van der Waals surface area contributed by atoms with Gasteiger partial charge in [0.25, 0.3) is 0 Å². The number of aromatic nitrogens is 1. The highest BCUT2D eigenvalue weighted by atomic mass is 16.4. The number of aryl methyl sites for hydroxylation is 1. The summed E-state index contributed by atoms with van der Waals surface area (Å²) in [5.74, 6) is -0.994. The Morgan fingerprint density at radius 2 is 1.50 bits per heavy atom. The Labute approximate surface area is 144 Å². The van der Waals surface area contributed by atoms with E-state index in [0.29, 0.717) is 0 Å². The average molecular weight is 325 g/mol. The van der Waals surface area contributed by atoms with Crippen molar-refractivity contribution in [2.45, 2.75) is 58.3 Å². The van der Waals surface area contributed by atoms with Crippen LogP contribution in [0.3, 0.4) is 0 Å². The third-order valence-electron chi connectivity index (χ3n) is 4.34. The van der Waals surface area contributed by atoms with Crippen molar-refractivity contribution in [3.63, 3.8) is 0 Å². The van der Waals surface area contributed by atoms with Gasteiger partial charge in [0.05, 0.1) is 0 Å². The molecule has 0 bridgehead atoms. The highest BCUT2D eigenvalue weighted by Crippen LogP contribution is 2.20. The van der Waals surface area contributed by atoms with Gasteiger partial charge >= 0.3 is 5.97 Å². The summed E-state index contributed by atoms with van der Waals surface area (Å²) in [6.45, 7) is 2.25. The molecule has 0 saturated carbocycles. The number of unbranched alkanes of at least 4 members (excludes halogenated alkanes) is 6. The summed E-state index contributed by atoms with van der Waals surface area (Å²) in [5, 5.41) is 8.88. The lowest BCUT2D eigenvalue weighted by Gasteiger charge is -2.05. The number of hydrogen-bond acceptors (Lipinski definition) is 2. The fraction of sp³-hybridized carbons (Fsp3) is 0.429. The Balaban J connectivity index is 1.79. The number of pyridine rings is 1. The Morgan fingerprint density at radius 3 is 2.08 bits per heavy atom. The van der Waals surface area contributed by atoms with E-state index in [0.717, 1.165) is 17.5 Å². The SMILES string of the molecule is CCCCCCCCCc1ccc(-c2ccc(C(=O)O)nc2)cc1. The molecule has 0 aliphatic carbocycles. The fourth-order valence-corrected chi connectivity index (χ4v) is 2.84. The van der Waals surface area contributed by atoms with Crippen LogP contribution in [0.4, 0.5) is 0 Å². The maximum atomic E-state index is 10.8. The summed E-state index contributed by atoms with van der Waals surface area (Å²) in [7, 11) is 0. The molecule has 1 aromatic heterocycles. The van der Waals surface area contributed by atoms with E-state index in [9.17, 15) is 4.79 Å². The summed E-state index contributed by atoms with van der Waals surface area (Å²) in [6.07, 6.45) is 12.1. The smallest absolute Gasteiger partial charge is 0.354 e. The van der Waals surface area contributed by atoms with Crippen LogP contribution in [0.2, 0.25) is 0 Å². The van der Waals surface area contributed by atoms with Gasteiger partial charge in [0.15, 0.2) is 0 Å². The van der Waals surface area contributed by atoms with Crippen molar-refractivity contribution in [1.29, 1.82) is 0 Å². The van der Waals surface area contributed by atoms with Crippen molar-refractivity contribution in [2.75, 3.05) is 0 Å². The molecule has 24 heavy (non-hydrogen) atoms. The molecular formula is C21H27NO2. The Kier molecular flexibility index (Phi) is 7.47. The number of carboxylic acids is 1. The van der Waals surface area contributed by atoms with Gasteiger partial charge in [-0.1, -0.05) is 75.8 Å². The fourth-order valence-electron chi connectivity index (χ4n) is 2.84. The molecule has 0 fully saturated rings. The Morgan fingerprint density at radius 1 is 0.875 bits per heavy atom. The van der Waals surface area contributed by atoms with Gasteiger partial charge in [-0.05, 0) is 30.0 Å². The lowest BCUT2D eigenvalue weighted by atomic mass is 10.0. The minimum atomic E-state index is -0.994. The van der Waals surface area contributed by atoms with Crippen molar-refractivity contribution < 1.29 is 9.90 Å². The van der Waals surface area contributed by atoms with Crippen LogP contribution < -0.4 is 0 Å². The van der Waals surface area contributed by atoms with Crippen molar-refractivity contribution in [3.8, 4) is 11.1 Å². The molecule has 0 spiro atoms. The first-order valence-electron chi connectivity index (χ1n) is 8.99. The minimum Gasteiger partial charge on any atom is -0.477 e. The topological polar surface area (TPSA) is 50.2 Å². The molecule has 0 aliphatic rings. The van der Waals surface area contributed by atoms with Crippen LogP contribution in [-0.4, -0.2) is 16.1 Å². The minimum absolute atomic E-state index is 0.0781. The van der Waals surface area contributed by atoms with Gasteiger partial charge in [-0.15, -0.1) is 0 Å². The van der Waals surface area contributed by atoms with Crippen molar-refractivity contribution >= 4 is 5.97 Å². The molecule has 2 rings (SSSR count). The lowest BCUT2D eigenvalue weighted by molar-refractivity contribution is 0.0690. The second-order valence-electron chi connectivity index (χ2n) is 6.31. The van der Waals surface area contributed by atoms with Gasteiger partial charge in [0.1, 0.15) is 5.69 Å². The first-order valence-corrected chi connectivity index (χ1v) is 8.99. The molecule has 0 unspecified atom stereocenters. The van der Waals surface area contributed by atoms with Crippen molar-refractivity contribution in [2.24, 2.45) is 0 Å². The largest absolute Gasteiger partial charge is 0.477 e. The maximum absolute atomic E-state index is 10.8. The first kappa shape index (κ1) is 18.2. The molecule has 0 amide bonds. The van der Waals surface area contributed by atoms with Crippen molar-refractivity contribution in [3.05, 3.63) is 53.9 Å². The second-order valence-corrected chi connectivity index (χ2v) is 6.31. The highest BCUT2D eigenvalue weighted by molar-refractivity contribution is 5.85. The molecule has 3 nitrogen and oxygen atoms in total. The van der Waals surface area contributed by atoms with Crippen LogP contribution in [0.5, 0.6) is 0 Å². The zero-order valence-electron chi connectivity index (χ0n) is 14.5. The van der Waals surface area contributed by atoms with Crippen LogP contribution in [-0.2, 0) is 6.42 Å². The number of carbonyl (C=O) groups is 1. The van der Waals surface area contributed by atoms with E-state index in [2.05, 4.69) is 36.2 Å². The van der Waals surface area contributed by atoms with E-state index in [1.165, 1.54) is 50.5 Å². The van der Waals surface area contributed by atoms with Gasteiger partial charge in [-0.25, -0.2) is 9.78 Å². The summed E-state index contributed by atoms with van der Waals surface area (Å²) in [4.78, 5) is 14.8. The predicted octanol–water partition coefficient (Wildman–Crippen LogP) is 5.74. The molecule has 2 aromatic rings. The summed E-state index contributed by atoms with van der Waals surface area (Å²) < 4.78 is 0. The maximum Gasteiger partial charge on any atom is 0.354 e. The van der Waals surface area contributed by atoms with Crippen LogP contribution in [0.25, 0.3) is 11.1 Å². The molecule has 0 aliphatic heterocycles. The van der Waals surface area contributed by atoms with Crippen molar-refractivity contribution in [1.82, 2.24) is 4.98 Å². The average Bonchev–Trinajstić information content (AvgIpc) is 2.61. The molecule has 3 heteroatoms. The molecule has 1 N–H and O–H groups in total. The monoisotopic (exact) mass is 325 g/mol. The number of aromatic carboxylic acids is 1. The normalized spacial score (nSPS) is 10.7. The second kappa shape index (κ2) is 9.86. The Bertz CT molecular complexity index is 617. The van der Waals surface area contributed by atoms with Gasteiger partial charge in [-0.2, -0.15) is 0 Å². The van der Waals surface area contributed by atoms with Gasteiger partial charge in [0.2, 0.25) is 0 Å². The number of benzene rings is 1. The quantitative estimate of drug-likeness (QED) is 0.567. The van der Waals surface area contributed by atoms with Gasteiger partial charge < -0.3 is 5.11 Å². The van der Waals surface area contributed by atoms with E-state index in [1.807, 2.05) is 6.07 Å². The zero-order chi connectivity index (χ0) is 17.2. The Hall–Kier alpha value is -2.16. The molecular weight excluding hydrogens is 298 g/mol. The lowest BCUT2D eigenvalue weighted by Crippen LogP contribution is -1.99. The van der Waals surface area contributed by atoms with Gasteiger partial charge in [-0.3, -0.25) is 0 Å². The molecule has 0 radical (unpaired) electrons. The molecule has 1 heterocycles. The standard InChI is InChI=1S/C21H27NO2/c1-2-3-4-5-6-7-8-9-17-10-12-18(13-11-17)19-14-15-20(21(23)24)22-16-19/h10-16H,2-9H2,1H3,(H,23,24). The molecule has 0 saturated heterocycles. The number of hydrogen-bond donors (Lipinski definition) is 1. The van der Waals surface area contributed by atoms with Crippen LogP contribution in [0, 0.1) is 0 Å². The third kappa shape index (κ3) is 5.80.